The van der Waals surface area contributed by atoms with Crippen molar-refractivity contribution >= 4 is 21.8 Å². The van der Waals surface area contributed by atoms with Crippen molar-refractivity contribution < 1.29 is 17.9 Å². The smallest absolute Gasteiger partial charge is 0.411 e. The molecule has 0 aliphatic rings. The Labute approximate surface area is 125 Å². The Morgan fingerprint density at radius 1 is 1.24 bits per heavy atom. The molecule has 0 fully saturated rings. The summed E-state index contributed by atoms with van der Waals surface area (Å²) in [6, 6.07) is 5.83. The molecule has 0 spiro atoms. The lowest BCUT2D eigenvalue weighted by atomic mass is 10.2. The molecule has 1 rings (SSSR count). The van der Waals surface area contributed by atoms with E-state index in [9.17, 15) is 13.2 Å². The lowest BCUT2D eigenvalue weighted by Gasteiger charge is -2.13. The molecule has 1 atom stereocenters. The van der Waals surface area contributed by atoms with Crippen LogP contribution in [-0.2, 0) is 14.8 Å². The van der Waals surface area contributed by atoms with E-state index >= 15 is 0 Å². The van der Waals surface area contributed by atoms with Gasteiger partial charge < -0.3 is 4.74 Å². The molecule has 6 nitrogen and oxygen atoms in total. The molecule has 0 heterocycles. The molecular formula is C14H22N2O4S. The molecule has 7 heteroatoms. The van der Waals surface area contributed by atoms with Gasteiger partial charge in [0.05, 0.1) is 11.5 Å². The van der Waals surface area contributed by atoms with E-state index in [4.69, 9.17) is 4.74 Å². The summed E-state index contributed by atoms with van der Waals surface area (Å²) >= 11 is 0. The first-order valence-electron chi connectivity index (χ1n) is 6.95. The second-order valence-electron chi connectivity index (χ2n) is 4.68. The number of rotatable bonds is 7. The van der Waals surface area contributed by atoms with Gasteiger partial charge in [-0.25, -0.2) is 17.9 Å². The minimum atomic E-state index is -3.53. The predicted octanol–water partition coefficient (Wildman–Crippen LogP) is 2.72. The number of benzene rings is 1. The van der Waals surface area contributed by atoms with Crippen LogP contribution in [-0.4, -0.2) is 27.2 Å². The summed E-state index contributed by atoms with van der Waals surface area (Å²) in [4.78, 5) is 11.4. The molecule has 0 aliphatic carbocycles. The van der Waals surface area contributed by atoms with Crippen molar-refractivity contribution in [3.05, 3.63) is 24.3 Å². The van der Waals surface area contributed by atoms with E-state index in [-0.39, 0.29) is 17.5 Å². The number of hydrogen-bond donors (Lipinski definition) is 2. The standard InChI is InChI=1S/C14H22N2O4S/c1-4-6-11(3)16-21(18,19)13-9-7-12(8-10-13)15-14(17)20-5-2/h7-11,16H,4-6H2,1-3H3,(H,15,17)/t11-/m1/s1. The largest absolute Gasteiger partial charge is 0.450 e. The first kappa shape index (κ1) is 17.5. The summed E-state index contributed by atoms with van der Waals surface area (Å²) < 4.78 is 31.6. The number of amides is 1. The first-order chi connectivity index (χ1) is 9.89. The maximum Gasteiger partial charge on any atom is 0.411 e. The van der Waals surface area contributed by atoms with Gasteiger partial charge in [0.25, 0.3) is 0 Å². The second kappa shape index (κ2) is 7.99. The number of carbonyl (C=O) groups is 1. The zero-order valence-corrected chi connectivity index (χ0v) is 13.4. The Hall–Kier alpha value is -1.60. The number of anilines is 1. The van der Waals surface area contributed by atoms with Crippen LogP contribution < -0.4 is 10.0 Å². The Kier molecular flexibility index (Phi) is 6.64. The molecule has 0 unspecified atom stereocenters. The normalized spacial score (nSPS) is 12.7. The monoisotopic (exact) mass is 314 g/mol. The molecular weight excluding hydrogens is 292 g/mol. The molecule has 1 amide bonds. The zero-order valence-electron chi connectivity index (χ0n) is 12.5. The fourth-order valence-corrected chi connectivity index (χ4v) is 3.11. The summed E-state index contributed by atoms with van der Waals surface area (Å²) in [5, 5.41) is 2.51. The fourth-order valence-electron chi connectivity index (χ4n) is 1.83. The van der Waals surface area contributed by atoms with Crippen LogP contribution in [0.2, 0.25) is 0 Å². The molecule has 1 aromatic rings. The number of nitrogens with one attached hydrogen (secondary N) is 2. The lowest BCUT2D eigenvalue weighted by Crippen LogP contribution is -2.32. The van der Waals surface area contributed by atoms with Crippen LogP contribution in [0.5, 0.6) is 0 Å². The van der Waals surface area contributed by atoms with Crippen molar-refractivity contribution in [2.75, 3.05) is 11.9 Å². The van der Waals surface area contributed by atoms with Crippen molar-refractivity contribution in [1.82, 2.24) is 4.72 Å². The number of sulfonamides is 1. The molecule has 118 valence electrons. The Balaban J connectivity index is 2.74. The first-order valence-corrected chi connectivity index (χ1v) is 8.43. The lowest BCUT2D eigenvalue weighted by molar-refractivity contribution is 0.168. The Morgan fingerprint density at radius 2 is 1.86 bits per heavy atom. The number of hydrogen-bond acceptors (Lipinski definition) is 4. The van der Waals surface area contributed by atoms with Crippen molar-refractivity contribution in [2.24, 2.45) is 0 Å². The molecule has 1 aromatic carbocycles. The van der Waals surface area contributed by atoms with Gasteiger partial charge in [-0.3, -0.25) is 5.32 Å². The van der Waals surface area contributed by atoms with E-state index in [0.717, 1.165) is 12.8 Å². The highest BCUT2D eigenvalue weighted by Gasteiger charge is 2.16. The third kappa shape index (κ3) is 5.73. The summed E-state index contributed by atoms with van der Waals surface area (Å²) in [6.45, 7) is 5.81. The molecule has 0 saturated heterocycles. The number of ether oxygens (including phenoxy) is 1. The molecule has 0 bridgehead atoms. The van der Waals surface area contributed by atoms with E-state index in [1.165, 1.54) is 24.3 Å². The van der Waals surface area contributed by atoms with Crippen LogP contribution in [0, 0.1) is 0 Å². The topological polar surface area (TPSA) is 84.5 Å². The van der Waals surface area contributed by atoms with Crippen LogP contribution >= 0.6 is 0 Å². The van der Waals surface area contributed by atoms with E-state index in [1.54, 1.807) is 6.92 Å². The highest BCUT2D eigenvalue weighted by Crippen LogP contribution is 2.15. The summed E-state index contributed by atoms with van der Waals surface area (Å²) in [7, 11) is -3.53. The van der Waals surface area contributed by atoms with Crippen molar-refractivity contribution in [3.8, 4) is 0 Å². The van der Waals surface area contributed by atoms with Crippen LogP contribution in [0.25, 0.3) is 0 Å². The summed E-state index contributed by atoms with van der Waals surface area (Å²) in [5.74, 6) is 0. The average molecular weight is 314 g/mol. The van der Waals surface area contributed by atoms with E-state index in [0.29, 0.717) is 5.69 Å². The second-order valence-corrected chi connectivity index (χ2v) is 6.39. The Bertz CT molecular complexity index is 555. The van der Waals surface area contributed by atoms with Crippen molar-refractivity contribution in [1.29, 1.82) is 0 Å². The maximum absolute atomic E-state index is 12.1. The molecule has 2 N–H and O–H groups in total. The highest BCUT2D eigenvalue weighted by molar-refractivity contribution is 7.89. The van der Waals surface area contributed by atoms with Gasteiger partial charge in [0.1, 0.15) is 0 Å². The molecule has 0 saturated carbocycles. The van der Waals surface area contributed by atoms with E-state index in [1.807, 2.05) is 13.8 Å². The third-order valence-electron chi connectivity index (χ3n) is 2.76. The van der Waals surface area contributed by atoms with Gasteiger partial charge in [-0.2, -0.15) is 0 Å². The molecule has 0 aromatic heterocycles. The highest BCUT2D eigenvalue weighted by atomic mass is 32.2. The van der Waals surface area contributed by atoms with Crippen molar-refractivity contribution in [3.63, 3.8) is 0 Å². The van der Waals surface area contributed by atoms with Gasteiger partial charge in [-0.05, 0) is 44.5 Å². The number of carbonyl (C=O) groups excluding carboxylic acids is 1. The van der Waals surface area contributed by atoms with E-state index in [2.05, 4.69) is 10.0 Å². The van der Waals surface area contributed by atoms with Crippen LogP contribution in [0.1, 0.15) is 33.6 Å². The average Bonchev–Trinajstić information content (AvgIpc) is 2.39. The minimum absolute atomic E-state index is 0.114. The van der Waals surface area contributed by atoms with Crippen molar-refractivity contribution in [2.45, 2.75) is 44.6 Å². The van der Waals surface area contributed by atoms with Crippen LogP contribution in [0.4, 0.5) is 10.5 Å². The van der Waals surface area contributed by atoms with E-state index < -0.39 is 16.1 Å². The molecule has 21 heavy (non-hydrogen) atoms. The fraction of sp³-hybridized carbons (Fsp3) is 0.500. The summed E-state index contributed by atoms with van der Waals surface area (Å²) in [5.41, 5.74) is 0.481. The van der Waals surface area contributed by atoms with Crippen LogP contribution in [0.15, 0.2) is 29.2 Å². The van der Waals surface area contributed by atoms with Gasteiger partial charge in [-0.15, -0.1) is 0 Å². The van der Waals surface area contributed by atoms with Gasteiger partial charge in [0, 0.05) is 11.7 Å². The minimum Gasteiger partial charge on any atom is -0.450 e. The van der Waals surface area contributed by atoms with Gasteiger partial charge in [0.2, 0.25) is 10.0 Å². The van der Waals surface area contributed by atoms with Gasteiger partial charge >= 0.3 is 6.09 Å². The van der Waals surface area contributed by atoms with Gasteiger partial charge in [0.15, 0.2) is 0 Å². The molecule has 0 aliphatic heterocycles. The predicted molar refractivity (Wildman–Crippen MR) is 81.8 cm³/mol. The molecule has 0 radical (unpaired) electrons. The van der Waals surface area contributed by atoms with Gasteiger partial charge in [-0.1, -0.05) is 13.3 Å². The maximum atomic E-state index is 12.1. The summed E-state index contributed by atoms with van der Waals surface area (Å²) in [6.07, 6.45) is 1.12. The Morgan fingerprint density at radius 3 is 2.38 bits per heavy atom. The quantitative estimate of drug-likeness (QED) is 0.810. The third-order valence-corrected chi connectivity index (χ3v) is 4.37. The SMILES string of the molecule is CCC[C@@H](C)NS(=O)(=O)c1ccc(NC(=O)OCC)cc1. The zero-order chi connectivity index (χ0) is 15.9. The van der Waals surface area contributed by atoms with Crippen LogP contribution in [0.3, 0.4) is 0 Å².